The van der Waals surface area contributed by atoms with Crippen LogP contribution in [-0.2, 0) is 6.54 Å². The third-order valence-electron chi connectivity index (χ3n) is 3.67. The van der Waals surface area contributed by atoms with Crippen molar-refractivity contribution in [2.24, 2.45) is 5.11 Å². The van der Waals surface area contributed by atoms with Crippen LogP contribution in [0.5, 0.6) is 11.5 Å². The smallest absolute Gasteiger partial charge is 0.173 e. The van der Waals surface area contributed by atoms with E-state index in [0.29, 0.717) is 12.1 Å². The molecule has 3 aromatic rings. The standard InChI is InChI=1S/C20H18N4O/c21-20(24-22)16-8-10-17(11-9-16)23-14-15-6-12-19(13-7-15)25-18-4-2-1-3-5-18/h1-13,21-23H,14H2. The first-order valence-corrected chi connectivity index (χ1v) is 7.87. The predicted molar refractivity (Wildman–Crippen MR) is 98.7 cm³/mol. The van der Waals surface area contributed by atoms with Crippen molar-refractivity contribution in [1.82, 2.24) is 0 Å². The lowest BCUT2D eigenvalue weighted by Crippen LogP contribution is -2.00. The van der Waals surface area contributed by atoms with Crippen molar-refractivity contribution in [2.75, 3.05) is 5.32 Å². The van der Waals surface area contributed by atoms with Crippen LogP contribution in [0.2, 0.25) is 0 Å². The number of para-hydroxylation sites is 1. The number of amidine groups is 1. The van der Waals surface area contributed by atoms with Gasteiger partial charge in [0.25, 0.3) is 0 Å². The van der Waals surface area contributed by atoms with E-state index in [1.54, 1.807) is 12.1 Å². The molecular formula is C20H18N4O. The van der Waals surface area contributed by atoms with Crippen molar-refractivity contribution in [3.05, 3.63) is 90.0 Å². The van der Waals surface area contributed by atoms with Crippen LogP contribution in [-0.4, -0.2) is 5.84 Å². The van der Waals surface area contributed by atoms with Crippen molar-refractivity contribution in [1.29, 1.82) is 10.9 Å². The van der Waals surface area contributed by atoms with Gasteiger partial charge in [0.05, 0.1) is 0 Å². The van der Waals surface area contributed by atoms with Gasteiger partial charge in [-0.3, -0.25) is 5.41 Å². The molecule has 3 N–H and O–H groups in total. The lowest BCUT2D eigenvalue weighted by Gasteiger charge is -2.09. The molecule has 3 aromatic carbocycles. The van der Waals surface area contributed by atoms with Gasteiger partial charge in [-0.15, -0.1) is 5.11 Å². The first-order valence-electron chi connectivity index (χ1n) is 7.87. The highest BCUT2D eigenvalue weighted by atomic mass is 16.5. The summed E-state index contributed by atoms with van der Waals surface area (Å²) < 4.78 is 5.78. The number of nitrogens with one attached hydrogen (secondary N) is 3. The van der Waals surface area contributed by atoms with E-state index in [1.165, 1.54) is 0 Å². The molecule has 0 amide bonds. The molecule has 0 saturated heterocycles. The summed E-state index contributed by atoms with van der Waals surface area (Å²) in [5.74, 6) is 1.58. The van der Waals surface area contributed by atoms with Gasteiger partial charge in [-0.05, 0) is 54.1 Å². The van der Waals surface area contributed by atoms with Gasteiger partial charge < -0.3 is 10.1 Å². The zero-order chi connectivity index (χ0) is 17.5. The highest BCUT2D eigenvalue weighted by Crippen LogP contribution is 2.21. The highest BCUT2D eigenvalue weighted by molar-refractivity contribution is 5.96. The Kier molecular flexibility index (Phi) is 5.16. The van der Waals surface area contributed by atoms with Crippen LogP contribution >= 0.6 is 0 Å². The number of hydrogen-bond donors (Lipinski definition) is 3. The Bertz CT molecular complexity index is 843. The topological polar surface area (TPSA) is 81.3 Å². The fraction of sp³-hybridized carbons (Fsp3) is 0.0500. The van der Waals surface area contributed by atoms with Gasteiger partial charge in [0.15, 0.2) is 5.84 Å². The molecule has 5 heteroatoms. The van der Waals surface area contributed by atoms with E-state index in [1.807, 2.05) is 66.7 Å². The number of hydrogen-bond acceptors (Lipinski definition) is 4. The van der Waals surface area contributed by atoms with Crippen LogP contribution < -0.4 is 10.1 Å². The van der Waals surface area contributed by atoms with E-state index in [4.69, 9.17) is 15.7 Å². The molecule has 3 rings (SSSR count). The van der Waals surface area contributed by atoms with Crippen LogP contribution in [0.15, 0.2) is 84.0 Å². The van der Waals surface area contributed by atoms with Crippen molar-refractivity contribution < 1.29 is 4.74 Å². The van der Waals surface area contributed by atoms with Crippen molar-refractivity contribution in [2.45, 2.75) is 6.54 Å². The summed E-state index contributed by atoms with van der Waals surface area (Å²) in [7, 11) is 0. The molecular weight excluding hydrogens is 312 g/mol. The second-order valence-corrected chi connectivity index (χ2v) is 5.45. The first-order chi connectivity index (χ1) is 12.2. The molecule has 0 atom stereocenters. The SMILES string of the molecule is N=NC(=N)c1ccc(NCc2ccc(Oc3ccccc3)cc2)cc1. The van der Waals surface area contributed by atoms with Crippen molar-refractivity contribution in [3.8, 4) is 11.5 Å². The lowest BCUT2D eigenvalue weighted by atomic mass is 10.1. The molecule has 0 fully saturated rings. The summed E-state index contributed by atoms with van der Waals surface area (Å²) in [6, 6.07) is 24.9. The molecule has 0 unspecified atom stereocenters. The third-order valence-corrected chi connectivity index (χ3v) is 3.67. The normalized spacial score (nSPS) is 10.1. The third kappa shape index (κ3) is 4.51. The van der Waals surface area contributed by atoms with Crippen LogP contribution in [0.4, 0.5) is 5.69 Å². The molecule has 0 heterocycles. The number of benzene rings is 3. The summed E-state index contributed by atoms with van der Waals surface area (Å²) in [5.41, 5.74) is 9.57. The van der Waals surface area contributed by atoms with Crippen LogP contribution in [0, 0.1) is 10.9 Å². The average Bonchev–Trinajstić information content (AvgIpc) is 2.68. The largest absolute Gasteiger partial charge is 0.457 e. The van der Waals surface area contributed by atoms with E-state index in [9.17, 15) is 0 Å². The van der Waals surface area contributed by atoms with Gasteiger partial charge in [-0.2, -0.15) is 0 Å². The second kappa shape index (κ2) is 7.88. The van der Waals surface area contributed by atoms with Gasteiger partial charge >= 0.3 is 0 Å². The number of ether oxygens (including phenoxy) is 1. The number of rotatable bonds is 6. The van der Waals surface area contributed by atoms with Crippen LogP contribution in [0.3, 0.4) is 0 Å². The zero-order valence-corrected chi connectivity index (χ0v) is 13.6. The van der Waals surface area contributed by atoms with Gasteiger partial charge in [0.1, 0.15) is 11.5 Å². The van der Waals surface area contributed by atoms with E-state index in [0.717, 1.165) is 22.7 Å². The molecule has 0 spiro atoms. The van der Waals surface area contributed by atoms with Gasteiger partial charge in [0.2, 0.25) is 0 Å². The molecule has 0 aliphatic heterocycles. The van der Waals surface area contributed by atoms with E-state index < -0.39 is 0 Å². The van der Waals surface area contributed by atoms with E-state index in [2.05, 4.69) is 10.4 Å². The maximum Gasteiger partial charge on any atom is 0.173 e. The Morgan fingerprint density at radius 1 is 0.840 bits per heavy atom. The minimum atomic E-state index is -0.0412. The molecule has 0 radical (unpaired) electrons. The van der Waals surface area contributed by atoms with E-state index >= 15 is 0 Å². The maximum atomic E-state index is 7.50. The van der Waals surface area contributed by atoms with Gasteiger partial charge in [-0.25, -0.2) is 5.53 Å². The Labute approximate surface area is 146 Å². The summed E-state index contributed by atoms with van der Waals surface area (Å²) in [5, 5.41) is 13.9. The molecule has 0 aliphatic rings. The van der Waals surface area contributed by atoms with Crippen molar-refractivity contribution in [3.63, 3.8) is 0 Å². The summed E-state index contributed by atoms with van der Waals surface area (Å²) in [6.07, 6.45) is 0. The molecule has 0 aromatic heterocycles. The maximum absolute atomic E-state index is 7.50. The van der Waals surface area contributed by atoms with Crippen LogP contribution in [0.25, 0.3) is 0 Å². The zero-order valence-electron chi connectivity index (χ0n) is 13.6. The average molecular weight is 330 g/mol. The Hall–Kier alpha value is -3.47. The highest BCUT2D eigenvalue weighted by Gasteiger charge is 2.01. The predicted octanol–water partition coefficient (Wildman–Crippen LogP) is 5.45. The minimum Gasteiger partial charge on any atom is -0.457 e. The van der Waals surface area contributed by atoms with Crippen molar-refractivity contribution >= 4 is 11.5 Å². The first kappa shape index (κ1) is 16.4. The molecule has 124 valence electrons. The number of nitrogens with zero attached hydrogens (tertiary/aromatic N) is 1. The Morgan fingerprint density at radius 2 is 1.48 bits per heavy atom. The Morgan fingerprint density at radius 3 is 2.12 bits per heavy atom. The quantitative estimate of drug-likeness (QED) is 0.319. The molecule has 0 saturated carbocycles. The monoisotopic (exact) mass is 330 g/mol. The second-order valence-electron chi connectivity index (χ2n) is 5.45. The van der Waals surface area contributed by atoms with Crippen LogP contribution in [0.1, 0.15) is 11.1 Å². The molecule has 0 aliphatic carbocycles. The Balaban J connectivity index is 1.56. The van der Waals surface area contributed by atoms with Gasteiger partial charge in [0, 0.05) is 17.8 Å². The fourth-order valence-corrected chi connectivity index (χ4v) is 2.31. The molecule has 5 nitrogen and oxygen atoms in total. The summed E-state index contributed by atoms with van der Waals surface area (Å²) in [4.78, 5) is 0. The molecule has 0 bridgehead atoms. The fourth-order valence-electron chi connectivity index (χ4n) is 2.31. The molecule has 25 heavy (non-hydrogen) atoms. The number of anilines is 1. The lowest BCUT2D eigenvalue weighted by molar-refractivity contribution is 0.482. The van der Waals surface area contributed by atoms with Gasteiger partial charge in [-0.1, -0.05) is 30.3 Å². The summed E-state index contributed by atoms with van der Waals surface area (Å²) >= 11 is 0. The van der Waals surface area contributed by atoms with E-state index in [-0.39, 0.29) is 5.84 Å². The minimum absolute atomic E-state index is 0.0412. The summed E-state index contributed by atoms with van der Waals surface area (Å²) in [6.45, 7) is 0.686.